The number of aromatic nitrogens is 2. The van der Waals surface area contributed by atoms with Gasteiger partial charge in [-0.05, 0) is 30.3 Å². The summed E-state index contributed by atoms with van der Waals surface area (Å²) >= 11 is 0. The third-order valence-electron chi connectivity index (χ3n) is 4.89. The number of morpholine rings is 1. The van der Waals surface area contributed by atoms with Crippen molar-refractivity contribution >= 4 is 28.1 Å². The topological polar surface area (TPSA) is 76.5 Å². The van der Waals surface area contributed by atoms with Gasteiger partial charge >= 0.3 is 0 Å². The molecule has 28 heavy (non-hydrogen) atoms. The van der Waals surface area contributed by atoms with Gasteiger partial charge in [0.05, 0.1) is 30.7 Å². The normalized spacial score (nSPS) is 14.2. The molecule has 2 heterocycles. The molecular formula is C21H22N4O3. The molecule has 0 aliphatic carbocycles. The van der Waals surface area contributed by atoms with Crippen LogP contribution in [-0.4, -0.2) is 42.0 Å². The summed E-state index contributed by atoms with van der Waals surface area (Å²) in [4.78, 5) is 27.0. The smallest absolute Gasteiger partial charge is 0.274 e. The zero-order valence-electron chi connectivity index (χ0n) is 15.7. The zero-order valence-corrected chi connectivity index (χ0v) is 15.7. The van der Waals surface area contributed by atoms with E-state index in [4.69, 9.17) is 4.74 Å². The lowest BCUT2D eigenvalue weighted by molar-refractivity contribution is -0.115. The molecule has 0 radical (unpaired) electrons. The third kappa shape index (κ3) is 3.75. The molecule has 1 amide bonds. The summed E-state index contributed by atoms with van der Waals surface area (Å²) in [5.74, 6) is -0.171. The predicted molar refractivity (Wildman–Crippen MR) is 109 cm³/mol. The number of aryl methyl sites for hydroxylation is 1. The number of amides is 1. The van der Waals surface area contributed by atoms with Crippen LogP contribution in [-0.2, 0) is 23.0 Å². The quantitative estimate of drug-likeness (QED) is 0.751. The molecule has 0 spiro atoms. The van der Waals surface area contributed by atoms with Crippen LogP contribution in [0, 0.1) is 0 Å². The number of ether oxygens (including phenoxy) is 1. The Morgan fingerprint density at radius 2 is 1.75 bits per heavy atom. The predicted octanol–water partition coefficient (Wildman–Crippen LogP) is 1.95. The molecule has 1 aliphatic rings. The van der Waals surface area contributed by atoms with Crippen molar-refractivity contribution < 1.29 is 9.53 Å². The van der Waals surface area contributed by atoms with Crippen molar-refractivity contribution in [3.8, 4) is 0 Å². The van der Waals surface area contributed by atoms with Gasteiger partial charge in [0.1, 0.15) is 0 Å². The average molecular weight is 378 g/mol. The van der Waals surface area contributed by atoms with Gasteiger partial charge in [-0.1, -0.05) is 18.2 Å². The van der Waals surface area contributed by atoms with Crippen molar-refractivity contribution in [2.45, 2.75) is 6.42 Å². The lowest BCUT2D eigenvalue weighted by Gasteiger charge is -2.28. The highest BCUT2D eigenvalue weighted by Gasteiger charge is 2.14. The molecule has 0 bridgehead atoms. The number of hydrogen-bond acceptors (Lipinski definition) is 5. The SMILES string of the molecule is Cn1nc(CC(=O)Nc2ccc(N3CCOCC3)cc2)c2ccccc2c1=O. The lowest BCUT2D eigenvalue weighted by Crippen LogP contribution is -2.36. The van der Waals surface area contributed by atoms with Crippen LogP contribution in [0.5, 0.6) is 0 Å². The second kappa shape index (κ2) is 7.82. The number of carbonyl (C=O) groups is 1. The fourth-order valence-corrected chi connectivity index (χ4v) is 3.44. The molecule has 1 fully saturated rings. The Bertz CT molecular complexity index is 1050. The van der Waals surface area contributed by atoms with E-state index in [1.807, 2.05) is 42.5 Å². The number of nitrogens with one attached hydrogen (secondary N) is 1. The highest BCUT2D eigenvalue weighted by atomic mass is 16.5. The van der Waals surface area contributed by atoms with Crippen molar-refractivity contribution in [3.05, 3.63) is 64.6 Å². The van der Waals surface area contributed by atoms with Crippen LogP contribution in [0.2, 0.25) is 0 Å². The number of benzene rings is 2. The molecule has 1 N–H and O–H groups in total. The molecule has 2 aromatic carbocycles. The highest BCUT2D eigenvalue weighted by molar-refractivity contribution is 5.95. The average Bonchev–Trinajstić information content (AvgIpc) is 2.73. The first kappa shape index (κ1) is 18.2. The molecular weight excluding hydrogens is 356 g/mol. The number of nitrogens with zero attached hydrogens (tertiary/aromatic N) is 3. The summed E-state index contributed by atoms with van der Waals surface area (Å²) in [6, 6.07) is 15.0. The summed E-state index contributed by atoms with van der Waals surface area (Å²) in [5, 5.41) is 8.47. The Kier molecular flexibility index (Phi) is 5.08. The van der Waals surface area contributed by atoms with E-state index >= 15 is 0 Å². The molecule has 4 rings (SSSR count). The Morgan fingerprint density at radius 1 is 1.07 bits per heavy atom. The molecule has 0 atom stereocenters. The minimum absolute atomic E-state index is 0.0971. The molecule has 7 nitrogen and oxygen atoms in total. The van der Waals surface area contributed by atoms with Gasteiger partial charge in [0.2, 0.25) is 5.91 Å². The van der Waals surface area contributed by atoms with Gasteiger partial charge in [0, 0.05) is 36.9 Å². The number of anilines is 2. The first-order valence-corrected chi connectivity index (χ1v) is 9.29. The molecule has 3 aromatic rings. The third-order valence-corrected chi connectivity index (χ3v) is 4.89. The summed E-state index contributed by atoms with van der Waals surface area (Å²) in [6.45, 7) is 3.21. The molecule has 0 saturated carbocycles. The van der Waals surface area contributed by atoms with Gasteiger partial charge in [-0.3, -0.25) is 9.59 Å². The second-order valence-corrected chi connectivity index (χ2v) is 6.79. The van der Waals surface area contributed by atoms with E-state index in [2.05, 4.69) is 15.3 Å². The van der Waals surface area contributed by atoms with Crippen molar-refractivity contribution in [2.75, 3.05) is 36.5 Å². The maximum atomic E-state index is 12.5. The first-order valence-electron chi connectivity index (χ1n) is 9.29. The maximum Gasteiger partial charge on any atom is 0.274 e. The van der Waals surface area contributed by atoms with Crippen LogP contribution in [0.4, 0.5) is 11.4 Å². The molecule has 1 aliphatic heterocycles. The van der Waals surface area contributed by atoms with Crippen molar-refractivity contribution in [3.63, 3.8) is 0 Å². The standard InChI is InChI=1S/C21H22N4O3/c1-24-21(27)18-5-3-2-4-17(18)19(23-24)14-20(26)22-15-6-8-16(9-7-15)25-10-12-28-13-11-25/h2-9H,10-14H2,1H3,(H,22,26). The van der Waals surface area contributed by atoms with Gasteiger partial charge in [0.15, 0.2) is 0 Å². The molecule has 1 aromatic heterocycles. The van der Waals surface area contributed by atoms with Gasteiger partial charge in [-0.15, -0.1) is 0 Å². The number of hydrogen-bond donors (Lipinski definition) is 1. The van der Waals surface area contributed by atoms with Gasteiger partial charge in [0.25, 0.3) is 5.56 Å². The van der Waals surface area contributed by atoms with E-state index in [1.165, 1.54) is 4.68 Å². The van der Waals surface area contributed by atoms with E-state index in [0.29, 0.717) is 16.5 Å². The number of carbonyl (C=O) groups excluding carboxylic acids is 1. The van der Waals surface area contributed by atoms with Crippen LogP contribution < -0.4 is 15.8 Å². The van der Waals surface area contributed by atoms with Crippen LogP contribution in [0.3, 0.4) is 0 Å². The van der Waals surface area contributed by atoms with E-state index in [1.54, 1.807) is 13.1 Å². The van der Waals surface area contributed by atoms with Gasteiger partial charge in [-0.2, -0.15) is 5.10 Å². The van der Waals surface area contributed by atoms with Gasteiger partial charge < -0.3 is 15.0 Å². The largest absolute Gasteiger partial charge is 0.378 e. The Morgan fingerprint density at radius 3 is 2.46 bits per heavy atom. The van der Waals surface area contributed by atoms with Crippen LogP contribution in [0.1, 0.15) is 5.69 Å². The van der Waals surface area contributed by atoms with Crippen LogP contribution in [0.15, 0.2) is 53.3 Å². The second-order valence-electron chi connectivity index (χ2n) is 6.79. The number of fused-ring (bicyclic) bond motifs is 1. The Hall–Kier alpha value is -3.19. The van der Waals surface area contributed by atoms with Crippen LogP contribution >= 0.6 is 0 Å². The Labute approximate surface area is 162 Å². The van der Waals surface area contributed by atoms with E-state index in [0.717, 1.165) is 37.7 Å². The highest BCUT2D eigenvalue weighted by Crippen LogP contribution is 2.20. The fraction of sp³-hybridized carbons (Fsp3) is 0.286. The van der Waals surface area contributed by atoms with E-state index in [-0.39, 0.29) is 17.9 Å². The molecule has 1 saturated heterocycles. The van der Waals surface area contributed by atoms with Crippen LogP contribution in [0.25, 0.3) is 10.8 Å². The minimum Gasteiger partial charge on any atom is -0.378 e. The van der Waals surface area contributed by atoms with Gasteiger partial charge in [-0.25, -0.2) is 4.68 Å². The minimum atomic E-state index is -0.171. The first-order chi connectivity index (χ1) is 13.6. The van der Waals surface area contributed by atoms with Crippen molar-refractivity contribution in [2.24, 2.45) is 7.05 Å². The summed E-state index contributed by atoms with van der Waals surface area (Å²) in [5.41, 5.74) is 2.27. The van der Waals surface area contributed by atoms with Crippen molar-refractivity contribution in [1.29, 1.82) is 0 Å². The fourth-order valence-electron chi connectivity index (χ4n) is 3.44. The monoisotopic (exact) mass is 378 g/mol. The zero-order chi connectivity index (χ0) is 19.5. The maximum absolute atomic E-state index is 12.5. The Balaban J connectivity index is 1.48. The summed E-state index contributed by atoms with van der Waals surface area (Å²) in [7, 11) is 1.60. The van der Waals surface area contributed by atoms with E-state index in [9.17, 15) is 9.59 Å². The molecule has 0 unspecified atom stereocenters. The van der Waals surface area contributed by atoms with Crippen molar-refractivity contribution in [1.82, 2.24) is 9.78 Å². The van der Waals surface area contributed by atoms with E-state index < -0.39 is 0 Å². The number of rotatable bonds is 4. The summed E-state index contributed by atoms with van der Waals surface area (Å²) < 4.78 is 6.65. The molecule has 144 valence electrons. The lowest BCUT2D eigenvalue weighted by atomic mass is 10.1. The molecule has 7 heteroatoms. The summed E-state index contributed by atoms with van der Waals surface area (Å²) in [6.07, 6.45) is 0.0971.